The highest BCUT2D eigenvalue weighted by atomic mass is 16.3. The van der Waals surface area contributed by atoms with Crippen LogP contribution in [0.4, 0.5) is 0 Å². The Morgan fingerprint density at radius 2 is 2.54 bits per heavy atom. The van der Waals surface area contributed by atoms with Gasteiger partial charge in [-0.2, -0.15) is 0 Å². The van der Waals surface area contributed by atoms with Crippen molar-refractivity contribution in [1.29, 1.82) is 0 Å². The van der Waals surface area contributed by atoms with Gasteiger partial charge in [-0.15, -0.1) is 0 Å². The maximum Gasteiger partial charge on any atom is 0.0947 e. The summed E-state index contributed by atoms with van der Waals surface area (Å²) >= 11 is 0. The molecule has 0 aromatic carbocycles. The van der Waals surface area contributed by atoms with Crippen molar-refractivity contribution in [1.82, 2.24) is 4.90 Å². The van der Waals surface area contributed by atoms with Gasteiger partial charge in [0, 0.05) is 18.2 Å². The Hall–Kier alpha value is -0.800. The quantitative estimate of drug-likeness (QED) is 0.762. The largest absolute Gasteiger partial charge is 0.472 e. The molecule has 2 heterocycles. The van der Waals surface area contributed by atoms with E-state index >= 15 is 0 Å². The molecular weight excluding hydrogens is 166 g/mol. The van der Waals surface area contributed by atoms with Crippen LogP contribution in [0.1, 0.15) is 18.4 Å². The fourth-order valence-electron chi connectivity index (χ4n) is 1.93. The second-order valence-corrected chi connectivity index (χ2v) is 3.58. The van der Waals surface area contributed by atoms with Crippen molar-refractivity contribution in [2.45, 2.75) is 25.4 Å². The number of furan rings is 1. The third kappa shape index (κ3) is 1.92. The van der Waals surface area contributed by atoms with Gasteiger partial charge in [-0.3, -0.25) is 4.90 Å². The van der Waals surface area contributed by atoms with Gasteiger partial charge < -0.3 is 9.52 Å². The van der Waals surface area contributed by atoms with E-state index in [-0.39, 0.29) is 6.61 Å². The van der Waals surface area contributed by atoms with Crippen molar-refractivity contribution in [2.75, 3.05) is 13.2 Å². The van der Waals surface area contributed by atoms with E-state index in [0.717, 1.165) is 19.5 Å². The molecule has 1 N–H and O–H groups in total. The van der Waals surface area contributed by atoms with E-state index in [1.807, 2.05) is 6.07 Å². The average molecular weight is 181 g/mol. The number of nitrogens with zero attached hydrogens (tertiary/aromatic N) is 1. The van der Waals surface area contributed by atoms with Crippen molar-refractivity contribution in [3.63, 3.8) is 0 Å². The number of hydrogen-bond donors (Lipinski definition) is 1. The third-order valence-corrected chi connectivity index (χ3v) is 2.68. The molecule has 3 heteroatoms. The molecule has 0 bridgehead atoms. The summed E-state index contributed by atoms with van der Waals surface area (Å²) in [4.78, 5) is 2.31. The van der Waals surface area contributed by atoms with Gasteiger partial charge in [0.15, 0.2) is 0 Å². The van der Waals surface area contributed by atoms with E-state index in [9.17, 15) is 0 Å². The summed E-state index contributed by atoms with van der Waals surface area (Å²) in [7, 11) is 0. The molecule has 0 radical (unpaired) electrons. The second-order valence-electron chi connectivity index (χ2n) is 3.58. The van der Waals surface area contributed by atoms with Crippen LogP contribution in [0.15, 0.2) is 23.0 Å². The molecule has 2 rings (SSSR count). The number of aliphatic hydroxyl groups is 1. The van der Waals surface area contributed by atoms with Crippen LogP contribution in [0, 0.1) is 0 Å². The van der Waals surface area contributed by atoms with Crippen molar-refractivity contribution in [3.05, 3.63) is 24.2 Å². The summed E-state index contributed by atoms with van der Waals surface area (Å²) in [6, 6.07) is 2.34. The molecule has 13 heavy (non-hydrogen) atoms. The highest BCUT2D eigenvalue weighted by molar-refractivity contribution is 5.05. The van der Waals surface area contributed by atoms with Gasteiger partial charge >= 0.3 is 0 Å². The zero-order chi connectivity index (χ0) is 9.10. The highest BCUT2D eigenvalue weighted by Gasteiger charge is 2.23. The van der Waals surface area contributed by atoms with E-state index in [4.69, 9.17) is 9.52 Å². The zero-order valence-corrected chi connectivity index (χ0v) is 7.65. The predicted molar refractivity (Wildman–Crippen MR) is 49.2 cm³/mol. The first-order chi connectivity index (χ1) is 6.40. The second kappa shape index (κ2) is 3.94. The van der Waals surface area contributed by atoms with Crippen LogP contribution in [-0.2, 0) is 6.54 Å². The van der Waals surface area contributed by atoms with Gasteiger partial charge in [-0.05, 0) is 25.5 Å². The smallest absolute Gasteiger partial charge is 0.0947 e. The molecule has 0 spiro atoms. The Balaban J connectivity index is 1.94. The van der Waals surface area contributed by atoms with Gasteiger partial charge in [0.2, 0.25) is 0 Å². The third-order valence-electron chi connectivity index (χ3n) is 2.68. The molecule has 1 aromatic rings. The average Bonchev–Trinajstić information content (AvgIpc) is 2.76. The molecule has 1 aromatic heterocycles. The number of aliphatic hydroxyl groups excluding tert-OH is 1. The number of hydrogen-bond acceptors (Lipinski definition) is 3. The van der Waals surface area contributed by atoms with E-state index in [1.54, 1.807) is 12.5 Å². The standard InChI is InChI=1S/C10H15NO2/c12-7-10-2-1-4-11(10)6-9-3-5-13-8-9/h3,5,8,10,12H,1-2,4,6-7H2/t10-/m1/s1. The predicted octanol–water partition coefficient (Wildman–Crippen LogP) is 1.24. The van der Waals surface area contributed by atoms with Crippen LogP contribution < -0.4 is 0 Å². The number of likely N-dealkylation sites (tertiary alicyclic amines) is 1. The SMILES string of the molecule is OC[C@H]1CCCN1Cc1ccoc1. The Morgan fingerprint density at radius 3 is 3.23 bits per heavy atom. The number of rotatable bonds is 3. The Morgan fingerprint density at radius 1 is 1.62 bits per heavy atom. The van der Waals surface area contributed by atoms with Crippen LogP contribution in [0.3, 0.4) is 0 Å². The van der Waals surface area contributed by atoms with E-state index in [0.29, 0.717) is 6.04 Å². The Labute approximate surface area is 78.0 Å². The summed E-state index contributed by atoms with van der Waals surface area (Å²) in [5.74, 6) is 0. The molecule has 1 aliphatic rings. The molecular formula is C10H15NO2. The summed E-state index contributed by atoms with van der Waals surface area (Å²) in [5.41, 5.74) is 1.19. The van der Waals surface area contributed by atoms with Crippen molar-refractivity contribution >= 4 is 0 Å². The monoisotopic (exact) mass is 181 g/mol. The molecule has 0 aliphatic carbocycles. The topological polar surface area (TPSA) is 36.6 Å². The first-order valence-electron chi connectivity index (χ1n) is 4.76. The lowest BCUT2D eigenvalue weighted by molar-refractivity contribution is 0.153. The Bertz CT molecular complexity index is 245. The summed E-state index contributed by atoms with van der Waals surface area (Å²) in [6.07, 6.45) is 5.78. The molecule has 1 fully saturated rings. The molecule has 0 unspecified atom stereocenters. The van der Waals surface area contributed by atoms with Crippen LogP contribution in [-0.4, -0.2) is 29.2 Å². The van der Waals surface area contributed by atoms with Crippen molar-refractivity contribution in [3.8, 4) is 0 Å². The molecule has 0 amide bonds. The summed E-state index contributed by atoms with van der Waals surface area (Å²) < 4.78 is 5.00. The van der Waals surface area contributed by atoms with Gasteiger partial charge in [-0.25, -0.2) is 0 Å². The van der Waals surface area contributed by atoms with Gasteiger partial charge in [0.05, 0.1) is 19.1 Å². The molecule has 1 aliphatic heterocycles. The lowest BCUT2D eigenvalue weighted by Crippen LogP contribution is -2.31. The van der Waals surface area contributed by atoms with Crippen LogP contribution >= 0.6 is 0 Å². The van der Waals surface area contributed by atoms with Gasteiger partial charge in [0.1, 0.15) is 0 Å². The first kappa shape index (κ1) is 8.78. The molecule has 1 atom stereocenters. The van der Waals surface area contributed by atoms with Crippen LogP contribution in [0.2, 0.25) is 0 Å². The first-order valence-corrected chi connectivity index (χ1v) is 4.76. The van der Waals surface area contributed by atoms with Crippen molar-refractivity contribution in [2.24, 2.45) is 0 Å². The highest BCUT2D eigenvalue weighted by Crippen LogP contribution is 2.19. The summed E-state index contributed by atoms with van der Waals surface area (Å²) in [5, 5.41) is 9.10. The minimum Gasteiger partial charge on any atom is -0.472 e. The van der Waals surface area contributed by atoms with Gasteiger partial charge in [-0.1, -0.05) is 0 Å². The van der Waals surface area contributed by atoms with E-state index < -0.39 is 0 Å². The fourth-order valence-corrected chi connectivity index (χ4v) is 1.93. The van der Waals surface area contributed by atoms with E-state index in [1.165, 1.54) is 12.0 Å². The normalized spacial score (nSPS) is 23.9. The zero-order valence-electron chi connectivity index (χ0n) is 7.65. The molecule has 0 saturated carbocycles. The van der Waals surface area contributed by atoms with Crippen LogP contribution in [0.25, 0.3) is 0 Å². The summed E-state index contributed by atoms with van der Waals surface area (Å²) in [6.45, 7) is 2.27. The van der Waals surface area contributed by atoms with E-state index in [2.05, 4.69) is 4.90 Å². The molecule has 72 valence electrons. The maximum absolute atomic E-state index is 9.10. The minimum atomic E-state index is 0.276. The van der Waals surface area contributed by atoms with Gasteiger partial charge in [0.25, 0.3) is 0 Å². The molecule has 3 nitrogen and oxygen atoms in total. The maximum atomic E-state index is 9.10. The molecule has 1 saturated heterocycles. The fraction of sp³-hybridized carbons (Fsp3) is 0.600. The minimum absolute atomic E-state index is 0.276. The Kier molecular flexibility index (Phi) is 2.66. The van der Waals surface area contributed by atoms with Crippen molar-refractivity contribution < 1.29 is 9.52 Å². The lowest BCUT2D eigenvalue weighted by Gasteiger charge is -2.21. The van der Waals surface area contributed by atoms with Crippen LogP contribution in [0.5, 0.6) is 0 Å². The lowest BCUT2D eigenvalue weighted by atomic mass is 10.2.